The highest BCUT2D eigenvalue weighted by Crippen LogP contribution is 2.28. The summed E-state index contributed by atoms with van der Waals surface area (Å²) in [6.45, 7) is 0. The number of anilines is 1. The molecule has 7 heteroatoms. The molecule has 1 aliphatic carbocycles. The van der Waals surface area contributed by atoms with Gasteiger partial charge in [0.05, 0.1) is 15.5 Å². The Labute approximate surface area is 126 Å². The van der Waals surface area contributed by atoms with Crippen LogP contribution in [0.15, 0.2) is 28.0 Å². The zero-order chi connectivity index (χ0) is 15.7. The van der Waals surface area contributed by atoms with Crippen LogP contribution in [0.25, 0.3) is 0 Å². The largest absolute Gasteiger partial charge is 0.381 e. The summed E-state index contributed by atoms with van der Waals surface area (Å²) in [5.41, 5.74) is 0.497. The topological polar surface area (TPSA) is 80.3 Å². The van der Waals surface area contributed by atoms with Gasteiger partial charge in [-0.3, -0.25) is 0 Å². The molecule has 0 aliphatic heterocycles. The van der Waals surface area contributed by atoms with Crippen molar-refractivity contribution in [2.45, 2.75) is 47.9 Å². The van der Waals surface area contributed by atoms with E-state index in [9.17, 15) is 16.8 Å². The van der Waals surface area contributed by atoms with Gasteiger partial charge in [0.2, 0.25) is 0 Å². The Morgan fingerprint density at radius 3 is 2.10 bits per heavy atom. The van der Waals surface area contributed by atoms with E-state index in [-0.39, 0.29) is 15.8 Å². The van der Waals surface area contributed by atoms with E-state index in [0.717, 1.165) is 38.2 Å². The minimum Gasteiger partial charge on any atom is -0.381 e. The third kappa shape index (κ3) is 4.20. The average molecular weight is 331 g/mol. The molecule has 1 aromatic rings. The minimum absolute atomic E-state index is 0.0251. The van der Waals surface area contributed by atoms with Crippen LogP contribution in [0, 0.1) is 0 Å². The summed E-state index contributed by atoms with van der Waals surface area (Å²) in [5.74, 6) is 0. The predicted octanol–water partition coefficient (Wildman–Crippen LogP) is 2.24. The van der Waals surface area contributed by atoms with Gasteiger partial charge in [-0.2, -0.15) is 0 Å². The van der Waals surface area contributed by atoms with Gasteiger partial charge in [0.15, 0.2) is 19.7 Å². The summed E-state index contributed by atoms with van der Waals surface area (Å²) in [6, 6.07) is 4.51. The van der Waals surface area contributed by atoms with Crippen LogP contribution in [0.3, 0.4) is 0 Å². The number of hydrogen-bond acceptors (Lipinski definition) is 5. The van der Waals surface area contributed by atoms with Crippen molar-refractivity contribution in [2.75, 3.05) is 17.8 Å². The predicted molar refractivity (Wildman–Crippen MR) is 83.2 cm³/mol. The van der Waals surface area contributed by atoms with Gasteiger partial charge in [-0.25, -0.2) is 16.8 Å². The molecular formula is C14H21NO4S2. The van der Waals surface area contributed by atoms with Gasteiger partial charge in [0.25, 0.3) is 0 Å². The SMILES string of the molecule is CS(=O)(=O)c1ccc(NC2CCCCC2)c(S(C)(=O)=O)c1. The van der Waals surface area contributed by atoms with Crippen molar-refractivity contribution < 1.29 is 16.8 Å². The van der Waals surface area contributed by atoms with Crippen molar-refractivity contribution in [1.82, 2.24) is 0 Å². The lowest BCUT2D eigenvalue weighted by Crippen LogP contribution is -2.23. The van der Waals surface area contributed by atoms with Crippen LogP contribution in [0.1, 0.15) is 32.1 Å². The molecule has 0 amide bonds. The van der Waals surface area contributed by atoms with Crippen LogP contribution < -0.4 is 5.32 Å². The molecule has 1 aliphatic rings. The van der Waals surface area contributed by atoms with Crippen molar-refractivity contribution in [2.24, 2.45) is 0 Å². The van der Waals surface area contributed by atoms with Crippen molar-refractivity contribution >= 4 is 25.4 Å². The first kappa shape index (κ1) is 16.3. The highest BCUT2D eigenvalue weighted by molar-refractivity contribution is 7.91. The lowest BCUT2D eigenvalue weighted by molar-refractivity contribution is 0.462. The molecule has 0 spiro atoms. The Morgan fingerprint density at radius 1 is 0.952 bits per heavy atom. The monoisotopic (exact) mass is 331 g/mol. The van der Waals surface area contributed by atoms with Gasteiger partial charge in [-0.15, -0.1) is 0 Å². The second-order valence-corrected chi connectivity index (χ2v) is 9.68. The summed E-state index contributed by atoms with van der Waals surface area (Å²) in [7, 11) is -6.92. The maximum Gasteiger partial charge on any atom is 0.177 e. The lowest BCUT2D eigenvalue weighted by Gasteiger charge is -2.25. The molecule has 118 valence electrons. The standard InChI is InChI=1S/C14H21NO4S2/c1-20(16,17)12-8-9-13(14(10-12)21(2,18)19)15-11-6-4-3-5-7-11/h8-11,15H,3-7H2,1-2H3. The van der Waals surface area contributed by atoms with E-state index < -0.39 is 19.7 Å². The zero-order valence-electron chi connectivity index (χ0n) is 12.3. The van der Waals surface area contributed by atoms with E-state index in [1.165, 1.54) is 18.6 Å². The van der Waals surface area contributed by atoms with Crippen LogP contribution in [0.2, 0.25) is 0 Å². The molecule has 0 bridgehead atoms. The molecule has 2 rings (SSSR count). The minimum atomic E-state index is -3.49. The van der Waals surface area contributed by atoms with E-state index in [1.54, 1.807) is 6.07 Å². The van der Waals surface area contributed by atoms with E-state index in [4.69, 9.17) is 0 Å². The molecule has 0 atom stereocenters. The number of hydrogen-bond donors (Lipinski definition) is 1. The van der Waals surface area contributed by atoms with Crippen LogP contribution >= 0.6 is 0 Å². The van der Waals surface area contributed by atoms with Gasteiger partial charge in [-0.1, -0.05) is 19.3 Å². The first-order valence-corrected chi connectivity index (χ1v) is 10.8. The van der Waals surface area contributed by atoms with E-state index >= 15 is 0 Å². The van der Waals surface area contributed by atoms with Gasteiger partial charge in [-0.05, 0) is 31.0 Å². The molecule has 0 aromatic heterocycles. The molecule has 0 heterocycles. The molecular weight excluding hydrogens is 310 g/mol. The molecule has 1 saturated carbocycles. The number of nitrogens with one attached hydrogen (secondary N) is 1. The zero-order valence-corrected chi connectivity index (χ0v) is 13.9. The fourth-order valence-corrected chi connectivity index (χ4v) is 4.22. The average Bonchev–Trinajstić information content (AvgIpc) is 2.38. The Bertz CT molecular complexity index is 717. The fraction of sp³-hybridized carbons (Fsp3) is 0.571. The molecule has 1 fully saturated rings. The second kappa shape index (κ2) is 5.96. The highest BCUT2D eigenvalue weighted by atomic mass is 32.2. The first-order chi connectivity index (χ1) is 9.68. The first-order valence-electron chi connectivity index (χ1n) is 6.98. The molecule has 0 unspecified atom stereocenters. The van der Waals surface area contributed by atoms with Crippen LogP contribution in [0.4, 0.5) is 5.69 Å². The van der Waals surface area contributed by atoms with Crippen molar-refractivity contribution in [3.8, 4) is 0 Å². The maximum atomic E-state index is 11.9. The van der Waals surface area contributed by atoms with E-state index in [2.05, 4.69) is 5.32 Å². The van der Waals surface area contributed by atoms with Crippen LogP contribution in [0.5, 0.6) is 0 Å². The third-order valence-corrected chi connectivity index (χ3v) is 5.99. The van der Waals surface area contributed by atoms with Crippen LogP contribution in [-0.2, 0) is 19.7 Å². The molecule has 5 nitrogen and oxygen atoms in total. The van der Waals surface area contributed by atoms with Gasteiger partial charge in [0.1, 0.15) is 0 Å². The maximum absolute atomic E-state index is 11.9. The summed E-state index contributed by atoms with van der Waals surface area (Å²) in [4.78, 5) is 0.0770. The van der Waals surface area contributed by atoms with Gasteiger partial charge >= 0.3 is 0 Å². The summed E-state index contributed by atoms with van der Waals surface area (Å²) < 4.78 is 47.1. The number of rotatable bonds is 4. The smallest absolute Gasteiger partial charge is 0.177 e. The molecule has 21 heavy (non-hydrogen) atoms. The molecule has 0 saturated heterocycles. The number of sulfone groups is 2. The summed E-state index contributed by atoms with van der Waals surface area (Å²) >= 11 is 0. The quantitative estimate of drug-likeness (QED) is 0.915. The Morgan fingerprint density at radius 2 is 1.57 bits per heavy atom. The Hall–Kier alpha value is -1.08. The van der Waals surface area contributed by atoms with Crippen LogP contribution in [-0.4, -0.2) is 35.4 Å². The molecule has 0 radical (unpaired) electrons. The lowest BCUT2D eigenvalue weighted by atomic mass is 9.95. The van der Waals surface area contributed by atoms with E-state index in [1.807, 2.05) is 0 Å². The summed E-state index contributed by atoms with van der Waals surface area (Å²) in [5, 5.41) is 3.26. The molecule has 1 aromatic carbocycles. The van der Waals surface area contributed by atoms with Gasteiger partial charge in [0, 0.05) is 18.6 Å². The van der Waals surface area contributed by atoms with Crippen molar-refractivity contribution in [1.29, 1.82) is 0 Å². The summed E-state index contributed by atoms with van der Waals surface area (Å²) in [6.07, 6.45) is 7.67. The van der Waals surface area contributed by atoms with Gasteiger partial charge < -0.3 is 5.32 Å². The number of benzene rings is 1. The molecule has 1 N–H and O–H groups in total. The normalized spacial score (nSPS) is 17.6. The Kier molecular flexibility index (Phi) is 4.63. The Balaban J connectivity index is 2.40. The second-order valence-electron chi connectivity index (χ2n) is 5.68. The fourth-order valence-electron chi connectivity index (χ4n) is 2.63. The van der Waals surface area contributed by atoms with Crippen molar-refractivity contribution in [3.05, 3.63) is 18.2 Å². The highest BCUT2D eigenvalue weighted by Gasteiger charge is 2.20. The van der Waals surface area contributed by atoms with Crippen molar-refractivity contribution in [3.63, 3.8) is 0 Å². The van der Waals surface area contributed by atoms with E-state index in [0.29, 0.717) is 5.69 Å². The third-order valence-electron chi connectivity index (χ3n) is 3.75.